The molecule has 1 unspecified atom stereocenters. The van der Waals surface area contributed by atoms with E-state index in [1.165, 1.54) is 19.1 Å². The zero-order valence-corrected chi connectivity index (χ0v) is 27.0. The second kappa shape index (κ2) is 15.1. The largest absolute Gasteiger partial charge is 0.502 e. The van der Waals surface area contributed by atoms with Gasteiger partial charge in [0, 0.05) is 18.2 Å². The van der Waals surface area contributed by atoms with Gasteiger partial charge in [0.1, 0.15) is 12.1 Å². The number of thioether (sulfide) groups is 1. The lowest BCUT2D eigenvalue weighted by Gasteiger charge is -2.28. The highest BCUT2D eigenvalue weighted by molar-refractivity contribution is 8.18. The van der Waals surface area contributed by atoms with Gasteiger partial charge in [-0.15, -0.1) is 0 Å². The smallest absolute Gasteiger partial charge is 0.267 e. The molecule has 0 spiro atoms. The van der Waals surface area contributed by atoms with Gasteiger partial charge >= 0.3 is 0 Å². The number of benzene rings is 3. The molecule has 0 aromatic heterocycles. The molecular weight excluding hydrogens is 620 g/mol. The first kappa shape index (κ1) is 33.4. The van der Waals surface area contributed by atoms with Crippen molar-refractivity contribution in [3.8, 4) is 17.2 Å². The normalized spacial score (nSPS) is 18.5. The molecule has 3 aromatic carbocycles. The summed E-state index contributed by atoms with van der Waals surface area (Å²) < 4.78 is 10.6. The fourth-order valence-electron chi connectivity index (χ4n) is 5.66. The summed E-state index contributed by atoms with van der Waals surface area (Å²) in [5, 5.41) is 16.8. The van der Waals surface area contributed by atoms with Crippen LogP contribution in [0.1, 0.15) is 36.3 Å². The van der Waals surface area contributed by atoms with Gasteiger partial charge in [-0.3, -0.25) is 19.3 Å². The minimum Gasteiger partial charge on any atom is -0.502 e. The number of para-hydroxylation sites is 2. The van der Waals surface area contributed by atoms with E-state index >= 15 is 0 Å². The molecule has 3 aromatic rings. The highest BCUT2D eigenvalue weighted by atomic mass is 32.2. The number of rotatable bonds is 13. The Morgan fingerprint density at radius 2 is 1.81 bits per heavy atom. The van der Waals surface area contributed by atoms with Gasteiger partial charge in [-0.25, -0.2) is 4.99 Å². The third kappa shape index (κ3) is 7.53. The van der Waals surface area contributed by atoms with E-state index in [4.69, 9.17) is 25.9 Å². The van der Waals surface area contributed by atoms with E-state index in [1.807, 2.05) is 42.5 Å². The minimum absolute atomic E-state index is 0.0421. The highest BCUT2D eigenvalue weighted by Gasteiger charge is 2.42. The molecular formula is C34H38N6O6S. The number of amides is 3. The summed E-state index contributed by atoms with van der Waals surface area (Å²) in [7, 11) is 2.82. The van der Waals surface area contributed by atoms with Crippen molar-refractivity contribution < 1.29 is 29.0 Å². The first-order chi connectivity index (χ1) is 22.7. The molecule has 2 heterocycles. The van der Waals surface area contributed by atoms with Gasteiger partial charge in [0.05, 0.1) is 24.8 Å². The number of methoxy groups -OCH3 is 2. The lowest BCUT2D eigenvalue weighted by atomic mass is 9.93. The van der Waals surface area contributed by atoms with Gasteiger partial charge in [0.15, 0.2) is 16.7 Å². The molecule has 2 aliphatic heterocycles. The zero-order chi connectivity index (χ0) is 33.5. The number of aliphatic imine (C=N–C) groups is 1. The van der Waals surface area contributed by atoms with Gasteiger partial charge < -0.3 is 36.7 Å². The number of fused-ring (bicyclic) bond motifs is 1. The summed E-state index contributed by atoms with van der Waals surface area (Å²) in [5.74, 6) is -1.55. The highest BCUT2D eigenvalue weighted by Crippen LogP contribution is 2.41. The molecule has 0 aliphatic carbocycles. The van der Waals surface area contributed by atoms with Crippen molar-refractivity contribution in [2.75, 3.05) is 32.6 Å². The molecule has 0 saturated carbocycles. The van der Waals surface area contributed by atoms with Crippen molar-refractivity contribution in [2.24, 2.45) is 16.5 Å². The lowest BCUT2D eigenvalue weighted by Crippen LogP contribution is -2.54. The molecule has 47 heavy (non-hydrogen) atoms. The van der Waals surface area contributed by atoms with Crippen LogP contribution in [0.25, 0.3) is 6.08 Å². The third-order valence-electron chi connectivity index (χ3n) is 8.03. The number of hydrogen-bond donors (Lipinski definition) is 5. The predicted molar refractivity (Wildman–Crippen MR) is 183 cm³/mol. The van der Waals surface area contributed by atoms with E-state index in [9.17, 15) is 19.5 Å². The van der Waals surface area contributed by atoms with Crippen LogP contribution in [-0.4, -0.2) is 72.3 Å². The molecule has 5 rings (SSSR count). The standard InChI is InChI=1S/C34H38N6O6S/c1-45-27-15-20(16-28(46-2)30(27)41)17-29-33(44)40(34(47-29)38-22-9-4-3-5-10-22)26(13-8-14-35)32(43)39-25(31(36)42)18-21-19-37-24-12-7-6-11-23(21)24/h3-7,9-12,15-17,21,25-26,37,41H,8,13-14,18-19,35H2,1-2H3,(H2,36,42)(H,39,43)/b29-17-,38-34+/t21?,25-,26-/m0/s1. The number of phenols is 1. The van der Waals surface area contributed by atoms with Crippen LogP contribution in [0.5, 0.6) is 17.2 Å². The quantitative estimate of drug-likeness (QED) is 0.171. The first-order valence-corrected chi connectivity index (χ1v) is 16.0. The number of carbonyl (C=O) groups is 3. The average molecular weight is 659 g/mol. The number of ether oxygens (including phenoxy) is 2. The Labute approximate surface area is 277 Å². The zero-order valence-electron chi connectivity index (χ0n) is 26.1. The van der Waals surface area contributed by atoms with E-state index < -0.39 is 29.8 Å². The summed E-state index contributed by atoms with van der Waals surface area (Å²) in [5.41, 5.74) is 14.8. The van der Waals surface area contributed by atoms with Crippen molar-refractivity contribution in [1.29, 1.82) is 0 Å². The Bertz CT molecular complexity index is 1670. The lowest BCUT2D eigenvalue weighted by molar-refractivity contribution is -0.135. The van der Waals surface area contributed by atoms with Crippen LogP contribution < -0.4 is 31.6 Å². The fraction of sp³-hybridized carbons (Fsp3) is 0.294. The van der Waals surface area contributed by atoms with Crippen molar-refractivity contribution in [2.45, 2.75) is 37.3 Å². The second-order valence-electron chi connectivity index (χ2n) is 11.1. The summed E-state index contributed by atoms with van der Waals surface area (Å²) in [4.78, 5) is 47.3. The van der Waals surface area contributed by atoms with E-state index in [0.717, 1.165) is 23.0 Å². The van der Waals surface area contributed by atoms with Crippen molar-refractivity contribution in [1.82, 2.24) is 10.2 Å². The Morgan fingerprint density at radius 3 is 2.47 bits per heavy atom. The number of amidine groups is 1. The number of aromatic hydroxyl groups is 1. The second-order valence-corrected chi connectivity index (χ2v) is 12.1. The Morgan fingerprint density at radius 1 is 1.13 bits per heavy atom. The van der Waals surface area contributed by atoms with E-state index in [1.54, 1.807) is 30.3 Å². The molecule has 12 nitrogen and oxygen atoms in total. The monoisotopic (exact) mass is 658 g/mol. The molecule has 7 N–H and O–H groups in total. The summed E-state index contributed by atoms with van der Waals surface area (Å²) in [6.07, 6.45) is 2.55. The number of nitrogens with two attached hydrogens (primary N) is 2. The number of primary amides is 1. The Hall–Kier alpha value is -5.01. The molecule has 1 fully saturated rings. The summed E-state index contributed by atoms with van der Waals surface area (Å²) >= 11 is 1.10. The summed E-state index contributed by atoms with van der Waals surface area (Å²) in [6.45, 7) is 0.884. The van der Waals surface area contributed by atoms with Gasteiger partial charge in [0.25, 0.3) is 5.91 Å². The Kier molecular flexibility index (Phi) is 10.7. The number of nitrogens with one attached hydrogen (secondary N) is 2. The maximum Gasteiger partial charge on any atom is 0.267 e. The van der Waals surface area contributed by atoms with Crippen LogP contribution in [0.2, 0.25) is 0 Å². The fourth-order valence-corrected chi connectivity index (χ4v) is 6.69. The van der Waals surface area contributed by atoms with Crippen LogP contribution in [-0.2, 0) is 14.4 Å². The third-order valence-corrected chi connectivity index (χ3v) is 9.02. The first-order valence-electron chi connectivity index (χ1n) is 15.2. The van der Waals surface area contributed by atoms with Gasteiger partial charge in [-0.1, -0.05) is 36.4 Å². The summed E-state index contributed by atoms with van der Waals surface area (Å²) in [6, 6.07) is 18.0. The number of nitrogens with zero attached hydrogens (tertiary/aromatic N) is 2. The van der Waals surface area contributed by atoms with E-state index in [0.29, 0.717) is 24.2 Å². The van der Waals surface area contributed by atoms with Gasteiger partial charge in [-0.05, 0) is 85.1 Å². The average Bonchev–Trinajstić information content (AvgIpc) is 3.61. The van der Waals surface area contributed by atoms with Crippen LogP contribution in [0.4, 0.5) is 11.4 Å². The van der Waals surface area contributed by atoms with E-state index in [-0.39, 0.29) is 52.6 Å². The molecule has 3 atom stereocenters. The number of hydrogen-bond acceptors (Lipinski definition) is 10. The molecule has 13 heteroatoms. The van der Waals surface area contributed by atoms with Gasteiger partial charge in [0.2, 0.25) is 17.6 Å². The molecule has 246 valence electrons. The van der Waals surface area contributed by atoms with Crippen LogP contribution in [0.3, 0.4) is 0 Å². The number of carbonyl (C=O) groups excluding carboxylic acids is 3. The number of phenolic OH excluding ortho intramolecular Hbond substituents is 1. The van der Waals surface area contributed by atoms with Crippen molar-refractivity contribution in [3.05, 3.63) is 82.8 Å². The SMILES string of the molecule is COc1cc(/C=C2\S/C(=N/c3ccccc3)N([C@@H](CCCN)C(=O)N[C@@H](CC3CNc4ccccc43)C(N)=O)C2=O)cc(OC)c1O. The van der Waals surface area contributed by atoms with E-state index in [2.05, 4.69) is 10.6 Å². The van der Waals surface area contributed by atoms with Crippen LogP contribution in [0.15, 0.2) is 76.6 Å². The topological polar surface area (TPSA) is 182 Å². The van der Waals surface area contributed by atoms with Crippen LogP contribution >= 0.6 is 11.8 Å². The van der Waals surface area contributed by atoms with Crippen LogP contribution in [0, 0.1) is 0 Å². The number of anilines is 1. The molecule has 0 radical (unpaired) electrons. The predicted octanol–water partition coefficient (Wildman–Crippen LogP) is 3.69. The van der Waals surface area contributed by atoms with Crippen molar-refractivity contribution >= 4 is 52.1 Å². The molecule has 0 bridgehead atoms. The van der Waals surface area contributed by atoms with Crippen molar-refractivity contribution in [3.63, 3.8) is 0 Å². The maximum absolute atomic E-state index is 14.2. The maximum atomic E-state index is 14.2. The molecule has 2 aliphatic rings. The molecule has 3 amide bonds. The Balaban J connectivity index is 1.49. The van der Waals surface area contributed by atoms with Gasteiger partial charge in [-0.2, -0.15) is 0 Å². The minimum atomic E-state index is -1.04. The molecule has 1 saturated heterocycles.